The molecule has 2 nitrogen and oxygen atoms in total. The molecule has 2 N–H and O–H groups in total. The van der Waals surface area contributed by atoms with Crippen LogP contribution in [0.5, 0.6) is 0 Å². The van der Waals surface area contributed by atoms with Crippen LogP contribution in [0.4, 0.5) is 0 Å². The second-order valence-electron chi connectivity index (χ2n) is 2.57. The lowest BCUT2D eigenvalue weighted by Crippen LogP contribution is -2.05. The van der Waals surface area contributed by atoms with E-state index in [9.17, 15) is 4.79 Å². The first-order valence-corrected chi connectivity index (χ1v) is 5.16. The van der Waals surface area contributed by atoms with Crippen molar-refractivity contribution in [3.8, 4) is 0 Å². The van der Waals surface area contributed by atoms with Crippen molar-refractivity contribution >= 4 is 52.1 Å². The SMILES string of the molecule is Cl.NC1CC(=O)c2sc(I)cc21. The van der Waals surface area contributed by atoms with Crippen LogP contribution in [0.15, 0.2) is 6.07 Å². The number of hydrogen-bond donors (Lipinski definition) is 1. The molecule has 1 aliphatic rings. The summed E-state index contributed by atoms with van der Waals surface area (Å²) in [6, 6.07) is 1.97. The maximum absolute atomic E-state index is 11.2. The Kier molecular flexibility index (Phi) is 3.14. The maximum Gasteiger partial charge on any atom is 0.175 e. The van der Waals surface area contributed by atoms with Crippen LogP contribution in [-0.4, -0.2) is 5.78 Å². The molecule has 0 aliphatic heterocycles. The largest absolute Gasteiger partial charge is 0.324 e. The van der Waals surface area contributed by atoms with Crippen molar-refractivity contribution < 1.29 is 4.79 Å². The zero-order chi connectivity index (χ0) is 8.01. The van der Waals surface area contributed by atoms with Crippen LogP contribution < -0.4 is 5.73 Å². The quantitative estimate of drug-likeness (QED) is 0.747. The van der Waals surface area contributed by atoms with Gasteiger partial charge in [0.25, 0.3) is 0 Å². The molecule has 66 valence electrons. The molecule has 2 rings (SSSR count). The van der Waals surface area contributed by atoms with Crippen molar-refractivity contribution in [3.05, 3.63) is 19.4 Å². The molecule has 12 heavy (non-hydrogen) atoms. The molecule has 0 amide bonds. The van der Waals surface area contributed by atoms with Gasteiger partial charge in [0.1, 0.15) is 0 Å². The fraction of sp³-hybridized carbons (Fsp3) is 0.286. The summed E-state index contributed by atoms with van der Waals surface area (Å²) >= 11 is 3.76. The van der Waals surface area contributed by atoms with E-state index < -0.39 is 0 Å². The van der Waals surface area contributed by atoms with E-state index in [-0.39, 0.29) is 24.2 Å². The first-order chi connectivity index (χ1) is 5.18. The van der Waals surface area contributed by atoms with Crippen LogP contribution in [0.25, 0.3) is 0 Å². The van der Waals surface area contributed by atoms with E-state index in [2.05, 4.69) is 22.6 Å². The molecule has 0 bridgehead atoms. The first kappa shape index (κ1) is 10.4. The third-order valence-electron chi connectivity index (χ3n) is 1.79. The number of hydrogen-bond acceptors (Lipinski definition) is 3. The number of fused-ring (bicyclic) bond motifs is 1. The smallest absolute Gasteiger partial charge is 0.175 e. The molecule has 1 heterocycles. The van der Waals surface area contributed by atoms with Gasteiger partial charge in [0, 0.05) is 12.5 Å². The monoisotopic (exact) mass is 315 g/mol. The van der Waals surface area contributed by atoms with Crippen LogP contribution in [-0.2, 0) is 0 Å². The molecule has 1 aromatic rings. The molecule has 0 fully saturated rings. The zero-order valence-corrected chi connectivity index (χ0v) is 9.83. The predicted octanol–water partition coefficient (Wildman–Crippen LogP) is 2.36. The summed E-state index contributed by atoms with van der Waals surface area (Å²) < 4.78 is 1.15. The lowest BCUT2D eigenvalue weighted by atomic mass is 10.2. The molecule has 0 saturated carbocycles. The van der Waals surface area contributed by atoms with Crippen LogP contribution >= 0.6 is 46.3 Å². The molecular weight excluding hydrogens is 309 g/mol. The third kappa shape index (κ3) is 1.53. The van der Waals surface area contributed by atoms with Gasteiger partial charge in [0.2, 0.25) is 0 Å². The van der Waals surface area contributed by atoms with Crippen molar-refractivity contribution in [3.63, 3.8) is 0 Å². The van der Waals surface area contributed by atoms with Gasteiger partial charge in [-0.15, -0.1) is 23.7 Å². The van der Waals surface area contributed by atoms with Crippen molar-refractivity contribution in [1.29, 1.82) is 0 Å². The highest BCUT2D eigenvalue weighted by Gasteiger charge is 2.28. The molecule has 0 saturated heterocycles. The van der Waals surface area contributed by atoms with E-state index >= 15 is 0 Å². The van der Waals surface area contributed by atoms with Crippen LogP contribution in [0, 0.1) is 2.88 Å². The number of rotatable bonds is 0. The van der Waals surface area contributed by atoms with E-state index in [1.165, 1.54) is 0 Å². The Balaban J connectivity index is 0.000000720. The van der Waals surface area contributed by atoms with E-state index in [1.54, 1.807) is 11.3 Å². The van der Waals surface area contributed by atoms with Gasteiger partial charge in [-0.2, -0.15) is 0 Å². The van der Waals surface area contributed by atoms with Crippen LogP contribution in [0.2, 0.25) is 0 Å². The molecule has 0 radical (unpaired) electrons. The van der Waals surface area contributed by atoms with Crippen LogP contribution in [0.3, 0.4) is 0 Å². The first-order valence-electron chi connectivity index (χ1n) is 3.26. The Labute approximate surface area is 94.1 Å². The highest BCUT2D eigenvalue weighted by atomic mass is 127. The number of carbonyl (C=O) groups excluding carboxylic acids is 1. The van der Waals surface area contributed by atoms with Gasteiger partial charge < -0.3 is 5.73 Å². The summed E-state index contributed by atoms with van der Waals surface area (Å²) in [5, 5.41) is 0. The van der Waals surface area contributed by atoms with Crippen molar-refractivity contribution in [1.82, 2.24) is 0 Å². The number of ketones is 1. The molecule has 0 aromatic carbocycles. The fourth-order valence-corrected chi connectivity index (χ4v) is 3.17. The van der Waals surface area contributed by atoms with Crippen molar-refractivity contribution in [2.24, 2.45) is 5.73 Å². The summed E-state index contributed by atoms with van der Waals surface area (Å²) in [5.74, 6) is 0.209. The number of thiophene rings is 1. The minimum atomic E-state index is -0.0442. The van der Waals surface area contributed by atoms with E-state index in [4.69, 9.17) is 5.73 Å². The Morgan fingerprint density at radius 3 is 2.92 bits per heavy atom. The average molecular weight is 316 g/mol. The molecular formula is C7H7ClINOS. The zero-order valence-electron chi connectivity index (χ0n) is 6.04. The second kappa shape index (κ2) is 3.61. The fourth-order valence-electron chi connectivity index (χ4n) is 1.27. The number of carbonyl (C=O) groups is 1. The molecule has 5 heteroatoms. The molecule has 0 spiro atoms. The van der Waals surface area contributed by atoms with Gasteiger partial charge in [-0.3, -0.25) is 4.79 Å². The van der Waals surface area contributed by atoms with Crippen molar-refractivity contribution in [2.75, 3.05) is 0 Å². The number of Topliss-reactive ketones (excluding diaryl/α,β-unsaturated/α-hetero) is 1. The normalized spacial score (nSPS) is 20.5. The molecule has 1 unspecified atom stereocenters. The number of nitrogens with two attached hydrogens (primary N) is 1. The topological polar surface area (TPSA) is 43.1 Å². The Hall–Kier alpha value is 0.350. The van der Waals surface area contributed by atoms with E-state index in [0.717, 1.165) is 13.3 Å². The van der Waals surface area contributed by atoms with Gasteiger partial charge >= 0.3 is 0 Å². The van der Waals surface area contributed by atoms with E-state index in [0.29, 0.717) is 6.42 Å². The predicted molar refractivity (Wildman–Crippen MR) is 60.2 cm³/mol. The van der Waals surface area contributed by atoms with Gasteiger partial charge in [-0.05, 0) is 34.2 Å². The van der Waals surface area contributed by atoms with Crippen molar-refractivity contribution in [2.45, 2.75) is 12.5 Å². The summed E-state index contributed by atoms with van der Waals surface area (Å²) in [7, 11) is 0. The van der Waals surface area contributed by atoms with E-state index in [1.807, 2.05) is 6.07 Å². The molecule has 1 aliphatic carbocycles. The molecule has 1 atom stereocenters. The highest BCUT2D eigenvalue weighted by molar-refractivity contribution is 14.1. The van der Waals surface area contributed by atoms with Crippen LogP contribution in [0.1, 0.15) is 27.7 Å². The van der Waals surface area contributed by atoms with Gasteiger partial charge in [0.15, 0.2) is 5.78 Å². The minimum Gasteiger partial charge on any atom is -0.324 e. The lowest BCUT2D eigenvalue weighted by molar-refractivity contribution is 0.0992. The second-order valence-corrected chi connectivity index (χ2v) is 5.52. The maximum atomic E-state index is 11.2. The average Bonchev–Trinajstić information content (AvgIpc) is 2.38. The highest BCUT2D eigenvalue weighted by Crippen LogP contribution is 2.36. The Bertz CT molecular complexity index is 325. The van der Waals surface area contributed by atoms with Gasteiger partial charge in [-0.25, -0.2) is 0 Å². The van der Waals surface area contributed by atoms with Gasteiger partial charge in [0.05, 0.1) is 7.76 Å². The third-order valence-corrected chi connectivity index (χ3v) is 3.74. The standard InChI is InChI=1S/C7H6INOS.ClH/c8-6-1-3-4(9)2-5(10)7(3)11-6;/h1,4H,2,9H2;1H. The summed E-state index contributed by atoms with van der Waals surface area (Å²) in [6.45, 7) is 0. The molecule has 1 aromatic heterocycles. The summed E-state index contributed by atoms with van der Waals surface area (Å²) in [4.78, 5) is 12.1. The number of halogens is 2. The lowest BCUT2D eigenvalue weighted by Gasteiger charge is -1.96. The Morgan fingerprint density at radius 2 is 2.33 bits per heavy atom. The van der Waals surface area contributed by atoms with Gasteiger partial charge in [-0.1, -0.05) is 0 Å². The summed E-state index contributed by atoms with van der Waals surface area (Å²) in [5.41, 5.74) is 6.78. The minimum absolute atomic E-state index is 0. The summed E-state index contributed by atoms with van der Waals surface area (Å²) in [6.07, 6.45) is 0.498. The Morgan fingerprint density at radius 1 is 1.67 bits per heavy atom.